The zero-order valence-electron chi connectivity index (χ0n) is 20.4. The Labute approximate surface area is 216 Å². The van der Waals surface area contributed by atoms with Gasteiger partial charge in [0.15, 0.2) is 0 Å². The number of nitrogens with two attached hydrogens (primary N) is 1. The number of hydrogen-bond acceptors (Lipinski definition) is 6. The molecule has 2 rings (SSSR count). The van der Waals surface area contributed by atoms with Gasteiger partial charge in [0.25, 0.3) is 0 Å². The Morgan fingerprint density at radius 1 is 0.778 bits per heavy atom. The molecule has 0 heterocycles. The van der Waals surface area contributed by atoms with Gasteiger partial charge in [-0.3, -0.25) is 14.4 Å². The standard InChI is InChI=1S/C26H34N4O5S/c1-16(2)22(30-23(31)19(27)15-36)25(33)28-20(13-17-9-5-3-6-10-17)24(32)29-21(26(34)35)14-18-11-7-4-8-12-18/h3-12,16,19-22,36H,13-15,27H2,1-2H3,(H,28,33)(H,29,32)(H,30,31)(H,34,35). The number of carboxylic acid groups (broad SMARTS) is 1. The number of benzene rings is 2. The lowest BCUT2D eigenvalue weighted by molar-refractivity contribution is -0.142. The smallest absolute Gasteiger partial charge is 0.326 e. The Hall–Kier alpha value is -3.37. The van der Waals surface area contributed by atoms with E-state index in [0.717, 1.165) is 11.1 Å². The summed E-state index contributed by atoms with van der Waals surface area (Å²) in [4.78, 5) is 50.6. The van der Waals surface area contributed by atoms with Gasteiger partial charge < -0.3 is 26.8 Å². The number of aliphatic carboxylic acids is 1. The van der Waals surface area contributed by atoms with Gasteiger partial charge in [0.05, 0.1) is 6.04 Å². The van der Waals surface area contributed by atoms with Crippen LogP contribution in [0.5, 0.6) is 0 Å². The molecule has 0 radical (unpaired) electrons. The molecule has 0 spiro atoms. The number of rotatable bonds is 13. The van der Waals surface area contributed by atoms with Gasteiger partial charge in [0.1, 0.15) is 18.1 Å². The lowest BCUT2D eigenvalue weighted by atomic mass is 10.00. The molecule has 0 bridgehead atoms. The molecular formula is C26H34N4O5S. The third-order valence-electron chi connectivity index (χ3n) is 5.59. The van der Waals surface area contributed by atoms with Crippen molar-refractivity contribution in [1.82, 2.24) is 16.0 Å². The highest BCUT2D eigenvalue weighted by Crippen LogP contribution is 2.09. The number of hydrogen-bond donors (Lipinski definition) is 6. The van der Waals surface area contributed by atoms with Crippen molar-refractivity contribution in [2.24, 2.45) is 11.7 Å². The maximum Gasteiger partial charge on any atom is 0.326 e. The number of carbonyl (C=O) groups excluding carboxylic acids is 3. The topological polar surface area (TPSA) is 151 Å². The first-order chi connectivity index (χ1) is 17.1. The van der Waals surface area contributed by atoms with Crippen molar-refractivity contribution in [3.8, 4) is 0 Å². The molecule has 0 aliphatic carbocycles. The van der Waals surface area contributed by atoms with Gasteiger partial charge in [0, 0.05) is 18.6 Å². The van der Waals surface area contributed by atoms with Crippen molar-refractivity contribution >= 4 is 36.3 Å². The molecule has 9 nitrogen and oxygen atoms in total. The van der Waals surface area contributed by atoms with E-state index in [1.807, 2.05) is 12.1 Å². The molecule has 0 saturated heterocycles. The van der Waals surface area contributed by atoms with Crippen LogP contribution in [0, 0.1) is 5.92 Å². The van der Waals surface area contributed by atoms with Gasteiger partial charge in [-0.25, -0.2) is 4.79 Å². The average molecular weight is 515 g/mol. The van der Waals surface area contributed by atoms with Crippen LogP contribution < -0.4 is 21.7 Å². The summed E-state index contributed by atoms with van der Waals surface area (Å²) in [5, 5.41) is 17.6. The van der Waals surface area contributed by atoms with E-state index < -0.39 is 47.9 Å². The van der Waals surface area contributed by atoms with E-state index in [1.165, 1.54) is 0 Å². The summed E-state index contributed by atoms with van der Waals surface area (Å²) in [5.41, 5.74) is 7.24. The highest BCUT2D eigenvalue weighted by atomic mass is 32.1. The van der Waals surface area contributed by atoms with Crippen LogP contribution in [0.1, 0.15) is 25.0 Å². The highest BCUT2D eigenvalue weighted by Gasteiger charge is 2.31. The maximum atomic E-state index is 13.3. The SMILES string of the molecule is CC(C)C(NC(=O)C(N)CS)C(=O)NC(Cc1ccccc1)C(=O)NC(Cc1ccccc1)C(=O)O. The fourth-order valence-electron chi connectivity index (χ4n) is 3.52. The second kappa shape index (κ2) is 14.3. The maximum absolute atomic E-state index is 13.3. The summed E-state index contributed by atoms with van der Waals surface area (Å²) >= 11 is 4.02. The van der Waals surface area contributed by atoms with Crippen LogP contribution in [-0.2, 0) is 32.0 Å². The van der Waals surface area contributed by atoms with Crippen molar-refractivity contribution < 1.29 is 24.3 Å². The summed E-state index contributed by atoms with van der Waals surface area (Å²) in [6.45, 7) is 3.51. The normalized spacial score (nSPS) is 14.2. The lowest BCUT2D eigenvalue weighted by Crippen LogP contribution is -2.59. The lowest BCUT2D eigenvalue weighted by Gasteiger charge is -2.27. The van der Waals surface area contributed by atoms with Crippen LogP contribution in [0.3, 0.4) is 0 Å². The van der Waals surface area contributed by atoms with Gasteiger partial charge in [-0.1, -0.05) is 74.5 Å². The molecule has 0 saturated carbocycles. The van der Waals surface area contributed by atoms with Crippen LogP contribution in [0.25, 0.3) is 0 Å². The fourth-order valence-corrected chi connectivity index (χ4v) is 3.69. The van der Waals surface area contributed by atoms with Crippen LogP contribution in [0.4, 0.5) is 0 Å². The molecule has 0 fully saturated rings. The molecule has 0 aliphatic rings. The molecule has 0 aromatic heterocycles. The molecule has 4 unspecified atom stereocenters. The van der Waals surface area contributed by atoms with E-state index in [-0.39, 0.29) is 24.5 Å². The zero-order chi connectivity index (χ0) is 26.7. The minimum atomic E-state index is -1.19. The molecule has 4 atom stereocenters. The minimum Gasteiger partial charge on any atom is -0.480 e. The largest absolute Gasteiger partial charge is 0.480 e. The monoisotopic (exact) mass is 514 g/mol. The molecule has 2 aromatic rings. The Morgan fingerprint density at radius 3 is 1.69 bits per heavy atom. The number of carbonyl (C=O) groups is 4. The zero-order valence-corrected chi connectivity index (χ0v) is 21.3. The summed E-state index contributed by atoms with van der Waals surface area (Å²) in [5.74, 6) is -3.13. The Morgan fingerprint density at radius 2 is 1.25 bits per heavy atom. The van der Waals surface area contributed by atoms with Crippen molar-refractivity contribution in [3.63, 3.8) is 0 Å². The molecule has 36 heavy (non-hydrogen) atoms. The third kappa shape index (κ3) is 9.01. The van der Waals surface area contributed by atoms with Crippen molar-refractivity contribution in [2.45, 2.75) is 50.9 Å². The van der Waals surface area contributed by atoms with E-state index >= 15 is 0 Å². The third-order valence-corrected chi connectivity index (χ3v) is 5.99. The predicted octanol–water partition coefficient (Wildman–Crippen LogP) is 0.924. The molecule has 6 N–H and O–H groups in total. The van der Waals surface area contributed by atoms with Crippen LogP contribution in [0.15, 0.2) is 60.7 Å². The summed E-state index contributed by atoms with van der Waals surface area (Å²) in [6, 6.07) is 13.9. The van der Waals surface area contributed by atoms with Crippen LogP contribution in [0.2, 0.25) is 0 Å². The molecule has 2 aromatic carbocycles. The molecule has 0 aliphatic heterocycles. The van der Waals surface area contributed by atoms with Crippen molar-refractivity contribution in [2.75, 3.05) is 5.75 Å². The Kier molecular flexibility index (Phi) is 11.4. The number of nitrogens with one attached hydrogen (secondary N) is 3. The molecule has 10 heteroatoms. The Bertz CT molecular complexity index is 1020. The highest BCUT2D eigenvalue weighted by molar-refractivity contribution is 7.80. The summed E-state index contributed by atoms with van der Waals surface area (Å²) in [7, 11) is 0. The second-order valence-electron chi connectivity index (χ2n) is 8.86. The van der Waals surface area contributed by atoms with Gasteiger partial charge in [-0.15, -0.1) is 0 Å². The fraction of sp³-hybridized carbons (Fsp3) is 0.385. The van der Waals surface area contributed by atoms with Gasteiger partial charge >= 0.3 is 5.97 Å². The number of carboxylic acids is 1. The molecular weight excluding hydrogens is 480 g/mol. The average Bonchev–Trinajstić information content (AvgIpc) is 2.86. The number of amides is 3. The van der Waals surface area contributed by atoms with Crippen molar-refractivity contribution in [3.05, 3.63) is 71.8 Å². The quantitative estimate of drug-likeness (QED) is 0.219. The Balaban J connectivity index is 2.23. The van der Waals surface area contributed by atoms with E-state index in [9.17, 15) is 24.3 Å². The molecule has 194 valence electrons. The summed E-state index contributed by atoms with van der Waals surface area (Å²) in [6.07, 6.45) is 0.214. The van der Waals surface area contributed by atoms with Gasteiger partial charge in [-0.05, 0) is 17.0 Å². The van der Waals surface area contributed by atoms with Gasteiger partial charge in [0.2, 0.25) is 17.7 Å². The first-order valence-corrected chi connectivity index (χ1v) is 12.3. The van der Waals surface area contributed by atoms with E-state index in [1.54, 1.807) is 62.4 Å². The first kappa shape index (κ1) is 28.9. The van der Waals surface area contributed by atoms with Gasteiger partial charge in [-0.2, -0.15) is 12.6 Å². The first-order valence-electron chi connectivity index (χ1n) is 11.7. The summed E-state index contributed by atoms with van der Waals surface area (Å²) < 4.78 is 0. The predicted molar refractivity (Wildman–Crippen MR) is 140 cm³/mol. The van der Waals surface area contributed by atoms with E-state index in [2.05, 4.69) is 28.6 Å². The van der Waals surface area contributed by atoms with Crippen LogP contribution >= 0.6 is 12.6 Å². The van der Waals surface area contributed by atoms with Crippen molar-refractivity contribution in [1.29, 1.82) is 0 Å². The minimum absolute atomic E-state index is 0.0835. The van der Waals surface area contributed by atoms with E-state index in [0.29, 0.717) is 0 Å². The van der Waals surface area contributed by atoms with Crippen LogP contribution in [-0.4, -0.2) is 58.7 Å². The second-order valence-corrected chi connectivity index (χ2v) is 9.22. The molecule has 3 amide bonds. The number of thiol groups is 1. The van der Waals surface area contributed by atoms with E-state index in [4.69, 9.17) is 5.73 Å².